The van der Waals surface area contributed by atoms with Gasteiger partial charge in [-0.1, -0.05) is 0 Å². The summed E-state index contributed by atoms with van der Waals surface area (Å²) in [6.45, 7) is 5.10. The van der Waals surface area contributed by atoms with Gasteiger partial charge in [0.15, 0.2) is 0 Å². The van der Waals surface area contributed by atoms with Crippen LogP contribution in [0.2, 0.25) is 0 Å². The first-order chi connectivity index (χ1) is 14.5. The van der Waals surface area contributed by atoms with Crippen molar-refractivity contribution >= 4 is 23.0 Å². The molecule has 1 aliphatic carbocycles. The van der Waals surface area contributed by atoms with E-state index in [2.05, 4.69) is 10.2 Å². The van der Waals surface area contributed by atoms with Gasteiger partial charge in [-0.2, -0.15) is 0 Å². The first-order valence-corrected chi connectivity index (χ1v) is 10.4. The lowest BCUT2D eigenvalue weighted by Gasteiger charge is -2.36. The lowest BCUT2D eigenvalue weighted by atomic mass is 10.1. The highest BCUT2D eigenvalue weighted by atomic mass is 16.6. The van der Waals surface area contributed by atoms with E-state index in [1.54, 1.807) is 24.3 Å². The molecule has 2 fully saturated rings. The molecular weight excluding hydrogens is 384 g/mol. The number of carbonyl (C=O) groups is 1. The summed E-state index contributed by atoms with van der Waals surface area (Å²) in [7, 11) is 0. The van der Waals surface area contributed by atoms with Crippen LogP contribution in [0.15, 0.2) is 42.5 Å². The average Bonchev–Trinajstić information content (AvgIpc) is 3.58. The van der Waals surface area contributed by atoms with Gasteiger partial charge in [-0.3, -0.25) is 14.9 Å². The van der Waals surface area contributed by atoms with Gasteiger partial charge in [0.25, 0.3) is 11.6 Å². The number of benzene rings is 2. The van der Waals surface area contributed by atoms with E-state index in [4.69, 9.17) is 4.74 Å². The maximum absolute atomic E-state index is 12.8. The predicted molar refractivity (Wildman–Crippen MR) is 115 cm³/mol. The van der Waals surface area contributed by atoms with Crippen LogP contribution in [0.25, 0.3) is 0 Å². The van der Waals surface area contributed by atoms with Crippen molar-refractivity contribution in [2.24, 2.45) is 0 Å². The molecule has 2 aliphatic rings. The van der Waals surface area contributed by atoms with Crippen molar-refractivity contribution in [2.75, 3.05) is 43.0 Å². The van der Waals surface area contributed by atoms with Crippen molar-refractivity contribution in [3.05, 3.63) is 58.1 Å². The number of hydrogen-bond donors (Lipinski definition) is 1. The summed E-state index contributed by atoms with van der Waals surface area (Å²) in [5, 5.41) is 14.6. The molecule has 0 atom stereocenters. The van der Waals surface area contributed by atoms with Gasteiger partial charge in [-0.05, 0) is 56.2 Å². The van der Waals surface area contributed by atoms with E-state index in [0.29, 0.717) is 50.1 Å². The first kappa shape index (κ1) is 20.0. The van der Waals surface area contributed by atoms with Gasteiger partial charge in [-0.15, -0.1) is 0 Å². The summed E-state index contributed by atoms with van der Waals surface area (Å²) >= 11 is 0. The van der Waals surface area contributed by atoms with Crippen molar-refractivity contribution < 1.29 is 14.5 Å². The molecule has 1 N–H and O–H groups in total. The molecule has 1 amide bonds. The summed E-state index contributed by atoms with van der Waals surface area (Å²) in [5.74, 6) is 0.769. The molecular formula is C22H26N4O4. The molecule has 2 aromatic carbocycles. The van der Waals surface area contributed by atoms with E-state index in [1.165, 1.54) is 0 Å². The highest BCUT2D eigenvalue weighted by Crippen LogP contribution is 2.34. The molecule has 1 saturated heterocycles. The number of rotatable bonds is 7. The number of nitrogens with one attached hydrogen (secondary N) is 1. The Labute approximate surface area is 175 Å². The summed E-state index contributed by atoms with van der Waals surface area (Å²) in [6.07, 6.45) is 2.10. The zero-order valence-corrected chi connectivity index (χ0v) is 17.0. The number of hydrogen-bond acceptors (Lipinski definition) is 6. The van der Waals surface area contributed by atoms with Crippen LogP contribution in [0.1, 0.15) is 30.1 Å². The summed E-state index contributed by atoms with van der Waals surface area (Å²) < 4.78 is 5.43. The van der Waals surface area contributed by atoms with Crippen LogP contribution in [0.4, 0.5) is 17.1 Å². The highest BCUT2D eigenvalue weighted by molar-refractivity contribution is 5.94. The smallest absolute Gasteiger partial charge is 0.292 e. The van der Waals surface area contributed by atoms with Crippen LogP contribution >= 0.6 is 0 Å². The summed E-state index contributed by atoms with van der Waals surface area (Å²) in [5.41, 5.74) is 2.28. The molecule has 1 heterocycles. The van der Waals surface area contributed by atoms with E-state index < -0.39 is 0 Å². The third-order valence-corrected chi connectivity index (χ3v) is 5.46. The van der Waals surface area contributed by atoms with E-state index >= 15 is 0 Å². The molecule has 4 rings (SSSR count). The Bertz CT molecular complexity index is 919. The Kier molecular flexibility index (Phi) is 5.74. The van der Waals surface area contributed by atoms with Crippen molar-refractivity contribution in [3.8, 4) is 5.75 Å². The standard InChI is InChI=1S/C22H26N4O4/c1-2-30-19-8-3-16(4-9-19)22(27)25-13-11-24(12-14-25)18-7-10-21(26(28)29)20(15-18)23-17-5-6-17/h3-4,7-10,15,17,23H,2,5-6,11-14H2,1H3. The SMILES string of the molecule is CCOc1ccc(C(=O)N2CCN(c3ccc([N+](=O)[O-])c(NC4CC4)c3)CC2)cc1. The second-order valence-electron chi connectivity index (χ2n) is 7.61. The second-order valence-corrected chi connectivity index (χ2v) is 7.61. The van der Waals surface area contributed by atoms with Gasteiger partial charge in [0, 0.05) is 49.5 Å². The van der Waals surface area contributed by atoms with E-state index in [-0.39, 0.29) is 16.5 Å². The maximum atomic E-state index is 12.8. The summed E-state index contributed by atoms with van der Waals surface area (Å²) in [6, 6.07) is 12.8. The predicted octanol–water partition coefficient (Wildman–Crippen LogP) is 3.53. The van der Waals surface area contributed by atoms with Gasteiger partial charge >= 0.3 is 0 Å². The third-order valence-electron chi connectivity index (χ3n) is 5.46. The number of nitro groups is 1. The number of piperazine rings is 1. The minimum Gasteiger partial charge on any atom is -0.494 e. The number of carbonyl (C=O) groups excluding carboxylic acids is 1. The molecule has 8 heteroatoms. The van der Waals surface area contributed by atoms with Crippen LogP contribution in [-0.2, 0) is 0 Å². The van der Waals surface area contributed by atoms with Crippen LogP contribution in [0.5, 0.6) is 5.75 Å². The van der Waals surface area contributed by atoms with E-state index in [1.807, 2.05) is 30.0 Å². The average molecular weight is 410 g/mol. The molecule has 1 saturated carbocycles. The Morgan fingerprint density at radius 2 is 1.83 bits per heavy atom. The monoisotopic (exact) mass is 410 g/mol. The van der Waals surface area contributed by atoms with Crippen LogP contribution in [-0.4, -0.2) is 54.6 Å². The number of ether oxygens (including phenoxy) is 1. The molecule has 158 valence electrons. The molecule has 0 aromatic heterocycles. The molecule has 0 bridgehead atoms. The molecule has 2 aromatic rings. The minimum absolute atomic E-state index is 0.0116. The zero-order chi connectivity index (χ0) is 21.1. The molecule has 1 aliphatic heterocycles. The Morgan fingerprint density at radius 3 is 2.43 bits per heavy atom. The molecule has 8 nitrogen and oxygen atoms in total. The van der Waals surface area contributed by atoms with Gasteiger partial charge in [0.05, 0.1) is 11.5 Å². The van der Waals surface area contributed by atoms with Gasteiger partial charge in [0.2, 0.25) is 0 Å². The lowest BCUT2D eigenvalue weighted by molar-refractivity contribution is -0.384. The number of nitrogens with zero attached hydrogens (tertiary/aromatic N) is 3. The normalized spacial score (nSPS) is 16.3. The second kappa shape index (κ2) is 8.61. The van der Waals surface area contributed by atoms with E-state index in [0.717, 1.165) is 24.3 Å². The Morgan fingerprint density at radius 1 is 1.13 bits per heavy atom. The maximum Gasteiger partial charge on any atom is 0.292 e. The third kappa shape index (κ3) is 4.48. The highest BCUT2D eigenvalue weighted by Gasteiger charge is 2.27. The quantitative estimate of drug-likeness (QED) is 0.555. The largest absolute Gasteiger partial charge is 0.494 e. The van der Waals surface area contributed by atoms with Crippen LogP contribution in [0, 0.1) is 10.1 Å². The van der Waals surface area contributed by atoms with Crippen molar-refractivity contribution in [1.82, 2.24) is 4.90 Å². The number of anilines is 2. The van der Waals surface area contributed by atoms with Gasteiger partial charge in [-0.25, -0.2) is 0 Å². The van der Waals surface area contributed by atoms with Gasteiger partial charge in [0.1, 0.15) is 11.4 Å². The van der Waals surface area contributed by atoms with Crippen LogP contribution < -0.4 is 15.0 Å². The first-order valence-electron chi connectivity index (χ1n) is 10.4. The van der Waals surface area contributed by atoms with Crippen molar-refractivity contribution in [3.63, 3.8) is 0 Å². The van der Waals surface area contributed by atoms with Crippen molar-refractivity contribution in [1.29, 1.82) is 0 Å². The molecule has 0 unspecified atom stereocenters. The molecule has 0 radical (unpaired) electrons. The van der Waals surface area contributed by atoms with E-state index in [9.17, 15) is 14.9 Å². The lowest BCUT2D eigenvalue weighted by Crippen LogP contribution is -2.48. The van der Waals surface area contributed by atoms with Crippen LogP contribution in [0.3, 0.4) is 0 Å². The zero-order valence-electron chi connectivity index (χ0n) is 17.0. The summed E-state index contributed by atoms with van der Waals surface area (Å²) in [4.78, 5) is 27.8. The fourth-order valence-corrected chi connectivity index (χ4v) is 3.65. The van der Waals surface area contributed by atoms with Crippen molar-refractivity contribution in [2.45, 2.75) is 25.8 Å². The Hall–Kier alpha value is -3.29. The minimum atomic E-state index is -0.345. The fraction of sp³-hybridized carbons (Fsp3) is 0.409. The Balaban J connectivity index is 1.40. The molecule has 0 spiro atoms. The number of amides is 1. The molecule has 30 heavy (non-hydrogen) atoms. The topological polar surface area (TPSA) is 88.0 Å². The van der Waals surface area contributed by atoms with Gasteiger partial charge < -0.3 is 19.9 Å². The number of nitro benzene ring substituents is 1. The fourth-order valence-electron chi connectivity index (χ4n) is 3.65.